The highest BCUT2D eigenvalue weighted by molar-refractivity contribution is 7.13. The van der Waals surface area contributed by atoms with Crippen LogP contribution in [0.5, 0.6) is 0 Å². The van der Waals surface area contributed by atoms with Crippen LogP contribution in [0.1, 0.15) is 58.3 Å². The summed E-state index contributed by atoms with van der Waals surface area (Å²) in [6.45, 7) is 3.16. The first-order chi connectivity index (χ1) is 13.0. The zero-order valence-electron chi connectivity index (χ0n) is 16.0. The van der Waals surface area contributed by atoms with Gasteiger partial charge in [-0.1, -0.05) is 25.7 Å². The minimum Gasteiger partial charge on any atom is -0.481 e. The number of hydrogen-bond acceptors (Lipinski definition) is 5. The monoisotopic (exact) mass is 391 g/mol. The molecule has 1 N–H and O–H groups in total. The molecule has 148 valence electrons. The average molecular weight is 392 g/mol. The number of carboxylic acids is 1. The summed E-state index contributed by atoms with van der Waals surface area (Å²) in [5.41, 5.74) is -0.647. The zero-order chi connectivity index (χ0) is 19.0. The molecule has 3 aliphatic rings. The van der Waals surface area contributed by atoms with Gasteiger partial charge in [-0.15, -0.1) is 11.3 Å². The minimum absolute atomic E-state index is 0.0809. The molecule has 27 heavy (non-hydrogen) atoms. The molecule has 1 unspecified atom stereocenters. The Labute approximate surface area is 164 Å². The summed E-state index contributed by atoms with van der Waals surface area (Å²) >= 11 is 1.52. The molecular formula is C20H29N3O3S. The number of aromatic nitrogens is 1. The molecule has 7 heteroatoms. The first-order valence-electron chi connectivity index (χ1n) is 10.2. The van der Waals surface area contributed by atoms with Gasteiger partial charge in [0.05, 0.1) is 11.5 Å². The van der Waals surface area contributed by atoms with Crippen molar-refractivity contribution in [3.63, 3.8) is 0 Å². The summed E-state index contributed by atoms with van der Waals surface area (Å²) in [5.74, 6) is -0.429. The van der Waals surface area contributed by atoms with Crippen molar-refractivity contribution in [1.29, 1.82) is 0 Å². The number of amides is 1. The Morgan fingerprint density at radius 3 is 2.70 bits per heavy atom. The van der Waals surface area contributed by atoms with Gasteiger partial charge in [-0.25, -0.2) is 4.98 Å². The highest BCUT2D eigenvalue weighted by Gasteiger charge is 2.56. The van der Waals surface area contributed by atoms with Crippen molar-refractivity contribution in [2.75, 3.05) is 18.0 Å². The second-order valence-corrected chi connectivity index (χ2v) is 9.34. The van der Waals surface area contributed by atoms with Crippen molar-refractivity contribution >= 4 is 28.3 Å². The van der Waals surface area contributed by atoms with E-state index in [2.05, 4.69) is 9.88 Å². The van der Waals surface area contributed by atoms with E-state index in [1.807, 2.05) is 17.2 Å². The van der Waals surface area contributed by atoms with Crippen LogP contribution < -0.4 is 4.90 Å². The van der Waals surface area contributed by atoms with E-state index < -0.39 is 11.4 Å². The predicted molar refractivity (Wildman–Crippen MR) is 105 cm³/mol. The predicted octanol–water partition coefficient (Wildman–Crippen LogP) is 3.38. The highest BCUT2D eigenvalue weighted by Crippen LogP contribution is 2.49. The smallest absolute Gasteiger partial charge is 0.311 e. The van der Waals surface area contributed by atoms with E-state index in [0.717, 1.165) is 56.6 Å². The first kappa shape index (κ1) is 18.9. The Morgan fingerprint density at radius 1 is 1.30 bits per heavy atom. The van der Waals surface area contributed by atoms with Crippen LogP contribution in [0, 0.1) is 11.3 Å². The summed E-state index contributed by atoms with van der Waals surface area (Å²) in [7, 11) is 0. The summed E-state index contributed by atoms with van der Waals surface area (Å²) in [6, 6.07) is -0.0898. The molecule has 2 saturated carbocycles. The van der Waals surface area contributed by atoms with Gasteiger partial charge in [-0.2, -0.15) is 0 Å². The maximum Gasteiger partial charge on any atom is 0.311 e. The van der Waals surface area contributed by atoms with E-state index in [1.54, 1.807) is 6.20 Å². The molecule has 6 nitrogen and oxygen atoms in total. The number of thiazole rings is 1. The third kappa shape index (κ3) is 3.29. The minimum atomic E-state index is -0.684. The lowest BCUT2D eigenvalue weighted by Gasteiger charge is -2.36. The molecule has 1 amide bonds. The Kier molecular flexibility index (Phi) is 5.25. The number of carbonyl (C=O) groups is 2. The molecule has 4 rings (SSSR count). The molecule has 0 aromatic carbocycles. The maximum atomic E-state index is 13.5. The Bertz CT molecular complexity index is 689. The fraction of sp³-hybridized carbons (Fsp3) is 0.750. The van der Waals surface area contributed by atoms with Gasteiger partial charge in [-0.05, 0) is 38.5 Å². The maximum absolute atomic E-state index is 13.5. The Hall–Kier alpha value is -1.47. The number of aliphatic carboxylic acids is 1. The molecule has 1 saturated heterocycles. The molecule has 1 aromatic heterocycles. The van der Waals surface area contributed by atoms with Gasteiger partial charge < -0.3 is 5.11 Å². The summed E-state index contributed by atoms with van der Waals surface area (Å²) in [6.07, 6.45) is 10.0. The van der Waals surface area contributed by atoms with Crippen LogP contribution in [-0.4, -0.2) is 52.0 Å². The van der Waals surface area contributed by atoms with E-state index in [9.17, 15) is 14.7 Å². The lowest BCUT2D eigenvalue weighted by molar-refractivity contribution is -0.149. The second kappa shape index (κ2) is 7.51. The number of nitrogens with zero attached hydrogens (tertiary/aromatic N) is 3. The van der Waals surface area contributed by atoms with Gasteiger partial charge in [0.25, 0.3) is 0 Å². The molecular weight excluding hydrogens is 362 g/mol. The number of anilines is 1. The van der Waals surface area contributed by atoms with Crippen molar-refractivity contribution in [2.24, 2.45) is 11.3 Å². The third-order valence-corrected chi connectivity index (χ3v) is 7.80. The van der Waals surface area contributed by atoms with E-state index in [4.69, 9.17) is 0 Å². The highest BCUT2D eigenvalue weighted by atomic mass is 32.1. The fourth-order valence-electron chi connectivity index (χ4n) is 5.43. The number of fused-ring (bicyclic) bond motifs is 1. The van der Waals surface area contributed by atoms with Crippen LogP contribution in [0.15, 0.2) is 11.6 Å². The third-order valence-electron chi connectivity index (χ3n) is 7.03. The molecule has 0 spiro atoms. The molecule has 3 atom stereocenters. The SMILES string of the molecule is CC(C(=O)N(c1nccs1)C1CCCCC1)N1C[C@@H]2CCC[C@@]2(C(=O)O)C1. The Morgan fingerprint density at radius 2 is 2.07 bits per heavy atom. The summed E-state index contributed by atoms with van der Waals surface area (Å²) in [5, 5.41) is 12.5. The molecule has 2 heterocycles. The van der Waals surface area contributed by atoms with E-state index in [1.165, 1.54) is 17.8 Å². The van der Waals surface area contributed by atoms with Crippen molar-refractivity contribution in [3.05, 3.63) is 11.6 Å². The average Bonchev–Trinajstić information content (AvgIpc) is 3.38. The Balaban J connectivity index is 1.54. The quantitative estimate of drug-likeness (QED) is 0.833. The molecule has 3 fully saturated rings. The number of rotatable bonds is 5. The van der Waals surface area contributed by atoms with Crippen LogP contribution >= 0.6 is 11.3 Å². The molecule has 1 aromatic rings. The largest absolute Gasteiger partial charge is 0.481 e. The fourth-order valence-corrected chi connectivity index (χ4v) is 6.15. The number of hydrogen-bond donors (Lipinski definition) is 1. The van der Waals surface area contributed by atoms with Gasteiger partial charge in [-0.3, -0.25) is 19.4 Å². The molecule has 0 radical (unpaired) electrons. The van der Waals surface area contributed by atoms with Crippen LogP contribution in [0.2, 0.25) is 0 Å². The van der Waals surface area contributed by atoms with E-state index in [0.29, 0.717) is 6.54 Å². The number of carbonyl (C=O) groups excluding carboxylic acids is 1. The van der Waals surface area contributed by atoms with Gasteiger partial charge in [0.2, 0.25) is 5.91 Å². The van der Waals surface area contributed by atoms with Gasteiger partial charge >= 0.3 is 5.97 Å². The van der Waals surface area contributed by atoms with E-state index in [-0.39, 0.29) is 23.9 Å². The molecule has 2 aliphatic carbocycles. The van der Waals surface area contributed by atoms with E-state index >= 15 is 0 Å². The topological polar surface area (TPSA) is 73.7 Å². The van der Waals surface area contributed by atoms with Crippen LogP contribution in [-0.2, 0) is 9.59 Å². The van der Waals surface area contributed by atoms with Gasteiger partial charge in [0.1, 0.15) is 0 Å². The number of carboxylic acid groups (broad SMARTS) is 1. The normalized spacial score (nSPS) is 30.2. The van der Waals surface area contributed by atoms with Crippen molar-refractivity contribution in [1.82, 2.24) is 9.88 Å². The van der Waals surface area contributed by atoms with Crippen molar-refractivity contribution in [2.45, 2.75) is 70.4 Å². The molecule has 0 bridgehead atoms. The van der Waals surface area contributed by atoms with Crippen molar-refractivity contribution in [3.8, 4) is 0 Å². The standard InChI is InChI=1S/C20H29N3O3S/c1-14(22-12-15-6-5-9-20(15,13-22)18(25)26)17(24)23(19-21-10-11-27-19)16-7-3-2-4-8-16/h10-11,14-16H,2-9,12-13H2,1H3,(H,25,26)/t14?,15-,20+/m0/s1. The lowest BCUT2D eigenvalue weighted by Crippen LogP contribution is -2.51. The van der Waals surface area contributed by atoms with Crippen LogP contribution in [0.25, 0.3) is 0 Å². The lowest BCUT2D eigenvalue weighted by atomic mass is 9.81. The first-order valence-corrected chi connectivity index (χ1v) is 11.1. The number of likely N-dealkylation sites (tertiary alicyclic amines) is 1. The second-order valence-electron chi connectivity index (χ2n) is 8.47. The van der Waals surface area contributed by atoms with Crippen LogP contribution in [0.3, 0.4) is 0 Å². The van der Waals surface area contributed by atoms with Crippen LogP contribution in [0.4, 0.5) is 5.13 Å². The summed E-state index contributed by atoms with van der Waals surface area (Å²) < 4.78 is 0. The summed E-state index contributed by atoms with van der Waals surface area (Å²) in [4.78, 5) is 34.0. The van der Waals surface area contributed by atoms with Gasteiger partial charge in [0.15, 0.2) is 5.13 Å². The zero-order valence-corrected chi connectivity index (χ0v) is 16.8. The molecule has 1 aliphatic heterocycles. The van der Waals surface area contributed by atoms with Crippen molar-refractivity contribution < 1.29 is 14.7 Å². The van der Waals surface area contributed by atoms with Gasteiger partial charge in [0, 0.05) is 30.7 Å².